The number of methoxy groups -OCH3 is 1. The maximum absolute atomic E-state index is 11.4. The van der Waals surface area contributed by atoms with E-state index in [9.17, 15) is 9.59 Å². The lowest BCUT2D eigenvalue weighted by atomic mass is 10.2. The van der Waals surface area contributed by atoms with Gasteiger partial charge in [-0.15, -0.1) is 0 Å². The molecule has 1 aliphatic rings. The van der Waals surface area contributed by atoms with Crippen LogP contribution in [0.4, 0.5) is 4.79 Å². The molecule has 9 heteroatoms. The molecule has 0 bridgehead atoms. The first-order valence-corrected chi connectivity index (χ1v) is 10.5. The normalized spacial score (nSPS) is 13.9. The third kappa shape index (κ3) is 13.5. The Morgan fingerprint density at radius 2 is 1.77 bits per heavy atom. The van der Waals surface area contributed by atoms with Crippen molar-refractivity contribution >= 4 is 35.3 Å². The van der Waals surface area contributed by atoms with Crippen molar-refractivity contribution in [1.29, 1.82) is 0 Å². The van der Waals surface area contributed by atoms with Crippen molar-refractivity contribution in [2.45, 2.75) is 58.6 Å². The number of carbonyl (C=O) groups is 2. The van der Waals surface area contributed by atoms with Crippen LogP contribution in [0, 0.1) is 0 Å². The molecule has 1 amide bonds. The van der Waals surface area contributed by atoms with Gasteiger partial charge in [0.25, 0.3) is 0 Å². The van der Waals surface area contributed by atoms with Crippen molar-refractivity contribution in [3.8, 4) is 5.75 Å². The van der Waals surface area contributed by atoms with Gasteiger partial charge in [-0.3, -0.25) is 4.79 Å². The Bertz CT molecular complexity index is 659. The Labute approximate surface area is 189 Å². The highest BCUT2D eigenvalue weighted by Gasteiger charge is 2.23. The van der Waals surface area contributed by atoms with Gasteiger partial charge < -0.3 is 24.8 Å². The molecule has 30 heavy (non-hydrogen) atoms. The number of hydrogen-bond donors (Lipinski definition) is 2. The van der Waals surface area contributed by atoms with Gasteiger partial charge >= 0.3 is 12.1 Å². The van der Waals surface area contributed by atoms with E-state index in [1.165, 1.54) is 0 Å². The van der Waals surface area contributed by atoms with Crippen LogP contribution in [0.3, 0.4) is 0 Å². The van der Waals surface area contributed by atoms with Crippen molar-refractivity contribution in [3.05, 3.63) is 28.2 Å². The molecule has 172 valence electrons. The lowest BCUT2D eigenvalue weighted by molar-refractivity contribution is -0.137. The maximum Gasteiger partial charge on any atom is 0.410 e. The number of benzene rings is 1. The second kappa shape index (κ2) is 14.3. The highest BCUT2D eigenvalue weighted by atomic mass is 35.5. The molecule has 0 saturated carbocycles. The van der Waals surface area contributed by atoms with Crippen molar-refractivity contribution in [1.82, 2.24) is 10.2 Å². The van der Waals surface area contributed by atoms with Gasteiger partial charge in [0.1, 0.15) is 11.4 Å². The van der Waals surface area contributed by atoms with Gasteiger partial charge in [-0.05, 0) is 59.7 Å². The van der Waals surface area contributed by atoms with E-state index in [0.717, 1.165) is 31.7 Å². The zero-order chi connectivity index (χ0) is 23.3. The van der Waals surface area contributed by atoms with Crippen LogP contribution in [0.1, 0.15) is 47.0 Å². The van der Waals surface area contributed by atoms with Crippen LogP contribution in [0.15, 0.2) is 18.2 Å². The number of ether oxygens (including phenoxy) is 2. The summed E-state index contributed by atoms with van der Waals surface area (Å²) in [6, 6.07) is 5.20. The molecule has 1 fully saturated rings. The fourth-order valence-corrected chi connectivity index (χ4v) is 2.48. The van der Waals surface area contributed by atoms with E-state index in [-0.39, 0.29) is 24.2 Å². The van der Waals surface area contributed by atoms with E-state index in [2.05, 4.69) is 5.32 Å². The van der Waals surface area contributed by atoms with Crippen LogP contribution in [-0.2, 0) is 9.53 Å². The Hall–Kier alpha value is -1.70. The highest BCUT2D eigenvalue weighted by Crippen LogP contribution is 2.25. The number of carboxylic acids is 1. The second-order valence-electron chi connectivity index (χ2n) is 7.74. The molecule has 2 rings (SSSR count). The summed E-state index contributed by atoms with van der Waals surface area (Å²) in [6.07, 6.45) is 2.25. The number of nitrogens with zero attached hydrogens (tertiary/aromatic N) is 1. The molecule has 0 unspecified atom stereocenters. The second-order valence-corrected chi connectivity index (χ2v) is 8.56. The highest BCUT2D eigenvalue weighted by molar-refractivity contribution is 6.42. The van der Waals surface area contributed by atoms with Gasteiger partial charge in [-0.2, -0.15) is 0 Å². The van der Waals surface area contributed by atoms with Crippen LogP contribution in [-0.4, -0.2) is 61.0 Å². The third-order valence-corrected chi connectivity index (χ3v) is 4.60. The van der Waals surface area contributed by atoms with E-state index in [0.29, 0.717) is 10.0 Å². The molecular formula is C21H34Cl2N2O5. The molecule has 1 aliphatic heterocycles. The fraction of sp³-hybridized carbons (Fsp3) is 0.619. The summed E-state index contributed by atoms with van der Waals surface area (Å²) in [5.74, 6) is -0.0405. The Balaban J connectivity index is 0.000000431. The minimum atomic E-state index is -0.758. The molecule has 1 aromatic carbocycles. The Kier molecular flexibility index (Phi) is 13.5. The molecule has 1 saturated heterocycles. The third-order valence-electron chi connectivity index (χ3n) is 3.86. The molecule has 1 aromatic rings. The number of carboxylic acid groups (broad SMARTS) is 1. The minimum absolute atomic E-state index is 0.0764. The van der Waals surface area contributed by atoms with Crippen molar-refractivity contribution in [2.75, 3.05) is 27.2 Å². The van der Waals surface area contributed by atoms with Crippen LogP contribution < -0.4 is 10.1 Å². The van der Waals surface area contributed by atoms with E-state index in [1.54, 1.807) is 37.3 Å². The fourth-order valence-electron chi connectivity index (χ4n) is 2.19. The maximum atomic E-state index is 11.4. The summed E-state index contributed by atoms with van der Waals surface area (Å²) >= 11 is 11.3. The van der Waals surface area contributed by atoms with Gasteiger partial charge in [0, 0.05) is 25.2 Å². The number of aliphatic carboxylic acids is 1. The van der Waals surface area contributed by atoms with Crippen molar-refractivity contribution < 1.29 is 24.2 Å². The zero-order valence-electron chi connectivity index (χ0n) is 18.6. The zero-order valence-corrected chi connectivity index (χ0v) is 20.1. The van der Waals surface area contributed by atoms with Gasteiger partial charge in [0.2, 0.25) is 0 Å². The van der Waals surface area contributed by atoms with Crippen molar-refractivity contribution in [3.63, 3.8) is 0 Å². The first-order chi connectivity index (χ1) is 13.9. The summed E-state index contributed by atoms with van der Waals surface area (Å²) in [7, 11) is 3.33. The Morgan fingerprint density at radius 3 is 2.13 bits per heavy atom. The summed E-state index contributed by atoms with van der Waals surface area (Å²) in [5, 5.41) is 12.0. The largest absolute Gasteiger partial charge is 0.497 e. The van der Waals surface area contributed by atoms with Gasteiger partial charge in [-0.1, -0.05) is 23.2 Å². The van der Waals surface area contributed by atoms with Crippen molar-refractivity contribution in [2.24, 2.45) is 0 Å². The molecule has 0 aliphatic carbocycles. The molecule has 0 aromatic heterocycles. The molecule has 2 N–H and O–H groups in total. The minimum Gasteiger partial charge on any atom is -0.497 e. The predicted molar refractivity (Wildman–Crippen MR) is 121 cm³/mol. The lowest BCUT2D eigenvalue weighted by Crippen LogP contribution is -2.34. The number of nitrogens with one attached hydrogen (secondary N) is 1. The number of rotatable bonds is 4. The van der Waals surface area contributed by atoms with E-state index in [4.69, 9.17) is 37.8 Å². The number of hydrogen-bond acceptors (Lipinski definition) is 5. The summed E-state index contributed by atoms with van der Waals surface area (Å²) in [5.41, 5.74) is -0.361. The first kappa shape index (κ1) is 28.3. The monoisotopic (exact) mass is 464 g/mol. The molecule has 0 spiro atoms. The average molecular weight is 465 g/mol. The quantitative estimate of drug-likeness (QED) is 0.644. The van der Waals surface area contributed by atoms with Gasteiger partial charge in [0.05, 0.1) is 23.6 Å². The smallest absolute Gasteiger partial charge is 0.410 e. The SMILES string of the molecule is CC(C)(C)OC(=O)N1CCCC1.CN[C@@H](C)CC(=O)O.COc1ccc(Cl)c(Cl)c1. The van der Waals surface area contributed by atoms with Crippen LogP contribution in [0.2, 0.25) is 10.0 Å². The molecule has 1 atom stereocenters. The summed E-state index contributed by atoms with van der Waals surface area (Å²) in [6.45, 7) is 9.21. The van der Waals surface area contributed by atoms with Gasteiger partial charge in [0.15, 0.2) is 0 Å². The molecule has 7 nitrogen and oxygen atoms in total. The van der Waals surface area contributed by atoms with Crippen LogP contribution in [0.25, 0.3) is 0 Å². The lowest BCUT2D eigenvalue weighted by Gasteiger charge is -2.23. The van der Waals surface area contributed by atoms with E-state index < -0.39 is 5.97 Å². The number of likely N-dealkylation sites (tertiary alicyclic amines) is 1. The number of carbonyl (C=O) groups excluding carboxylic acids is 1. The van der Waals surface area contributed by atoms with Crippen LogP contribution in [0.5, 0.6) is 5.75 Å². The predicted octanol–water partition coefficient (Wildman–Crippen LogP) is 5.09. The summed E-state index contributed by atoms with van der Waals surface area (Å²) in [4.78, 5) is 23.1. The number of amides is 1. The topological polar surface area (TPSA) is 88.1 Å². The molecule has 1 heterocycles. The molecular weight excluding hydrogens is 431 g/mol. The average Bonchev–Trinajstić information content (AvgIpc) is 3.18. The standard InChI is InChI=1S/C9H17NO2.C7H6Cl2O.C5H11NO2/c1-9(2,3)12-8(11)10-6-4-5-7-10;1-10-5-2-3-6(8)7(9)4-5;1-4(6-2)3-5(7)8/h4-7H2,1-3H3;2-4H,1H3;4,6H,3H2,1-2H3,(H,7,8)/t;;4-/m..0/s1. The molecule has 0 radical (unpaired) electrons. The van der Waals surface area contributed by atoms with Crippen LogP contribution >= 0.6 is 23.2 Å². The Morgan fingerprint density at radius 1 is 1.20 bits per heavy atom. The van der Waals surface area contributed by atoms with E-state index >= 15 is 0 Å². The number of halogens is 2. The van der Waals surface area contributed by atoms with E-state index in [1.807, 2.05) is 27.7 Å². The van der Waals surface area contributed by atoms with Gasteiger partial charge in [-0.25, -0.2) is 4.79 Å². The first-order valence-electron chi connectivity index (χ1n) is 9.75. The summed E-state index contributed by atoms with van der Waals surface area (Å²) < 4.78 is 10.1.